The SMILES string of the molecule is CC.CC/C=C(\C=C(/C[N+](=O)[O-])c1nccc(C(=O)NCC2C=C(C(F)F)C=CC2)n1)NCC. The smallest absolute Gasteiger partial charge is 0.270 e. The topological polar surface area (TPSA) is 110 Å². The summed E-state index contributed by atoms with van der Waals surface area (Å²) >= 11 is 0. The molecule has 10 heteroatoms. The van der Waals surface area contributed by atoms with Gasteiger partial charge in [-0.1, -0.05) is 45.1 Å². The Morgan fingerprint density at radius 2 is 2.06 bits per heavy atom. The summed E-state index contributed by atoms with van der Waals surface area (Å²) in [4.78, 5) is 31.6. The molecule has 2 rings (SSSR count). The summed E-state index contributed by atoms with van der Waals surface area (Å²) in [6.07, 6.45) is 8.06. The molecule has 0 bridgehead atoms. The van der Waals surface area contributed by atoms with Gasteiger partial charge in [0, 0.05) is 35.5 Å². The minimum atomic E-state index is -2.56. The molecule has 0 radical (unpaired) electrons. The number of hydrogen-bond donors (Lipinski definition) is 2. The van der Waals surface area contributed by atoms with E-state index in [1.807, 2.05) is 33.8 Å². The van der Waals surface area contributed by atoms with Crippen LogP contribution < -0.4 is 10.6 Å². The molecule has 1 aliphatic rings. The summed E-state index contributed by atoms with van der Waals surface area (Å²) in [6.45, 7) is 8.15. The van der Waals surface area contributed by atoms with E-state index in [1.165, 1.54) is 24.4 Å². The number of nitrogens with one attached hydrogen (secondary N) is 2. The van der Waals surface area contributed by atoms with Crippen LogP contribution in [0, 0.1) is 16.0 Å². The van der Waals surface area contributed by atoms with Crippen LogP contribution in [0.4, 0.5) is 8.78 Å². The zero-order valence-corrected chi connectivity index (χ0v) is 20.1. The number of carbonyl (C=O) groups excluding carboxylic acids is 1. The van der Waals surface area contributed by atoms with Crippen LogP contribution >= 0.6 is 0 Å². The molecule has 0 saturated carbocycles. The number of nitrogens with zero attached hydrogens (tertiary/aromatic N) is 3. The summed E-state index contributed by atoms with van der Waals surface area (Å²) < 4.78 is 25.7. The normalized spacial score (nSPS) is 15.9. The van der Waals surface area contributed by atoms with E-state index < -0.39 is 23.8 Å². The first kappa shape index (κ1) is 28.6. The van der Waals surface area contributed by atoms with E-state index in [9.17, 15) is 23.7 Å². The van der Waals surface area contributed by atoms with Crippen molar-refractivity contribution in [2.45, 2.75) is 47.0 Å². The Bertz CT molecular complexity index is 942. The van der Waals surface area contributed by atoms with Gasteiger partial charge in [0.25, 0.3) is 12.3 Å². The molecular weight excluding hydrogens is 444 g/mol. The summed E-state index contributed by atoms with van der Waals surface area (Å²) in [6, 6.07) is 1.40. The van der Waals surface area contributed by atoms with Crippen molar-refractivity contribution in [2.75, 3.05) is 19.6 Å². The number of alkyl halides is 2. The lowest BCUT2D eigenvalue weighted by molar-refractivity contribution is -0.465. The standard InChI is InChI=1S/C22H27F2N5O3.C2H6/c1-3-6-18(25-4-2)12-17(14-29(31)32)21-26-10-9-19(28-21)22(30)27-13-15-7-5-8-16(11-15)20(23)24;1-2/h5-6,8-12,15,20,25H,3-4,7,13-14H2,1-2H3,(H,27,30);1-2H3/b17-12+,18-6+;. The van der Waals surface area contributed by atoms with Gasteiger partial charge in [0.05, 0.1) is 5.57 Å². The average Bonchev–Trinajstić information content (AvgIpc) is 2.83. The van der Waals surface area contributed by atoms with Gasteiger partial charge in [-0.15, -0.1) is 0 Å². The number of nitro groups is 1. The van der Waals surface area contributed by atoms with Gasteiger partial charge in [0.2, 0.25) is 6.54 Å². The zero-order valence-electron chi connectivity index (χ0n) is 20.1. The Morgan fingerprint density at radius 3 is 2.68 bits per heavy atom. The van der Waals surface area contributed by atoms with Crippen molar-refractivity contribution >= 4 is 11.5 Å². The quantitative estimate of drug-likeness (QED) is 0.275. The number of halogens is 2. The first-order valence-electron chi connectivity index (χ1n) is 11.4. The molecule has 0 aromatic carbocycles. The van der Waals surface area contributed by atoms with Crippen LogP contribution in [0.2, 0.25) is 0 Å². The first-order chi connectivity index (χ1) is 16.3. The van der Waals surface area contributed by atoms with E-state index in [1.54, 1.807) is 12.2 Å². The monoisotopic (exact) mass is 477 g/mol. The van der Waals surface area contributed by atoms with Crippen molar-refractivity contribution in [3.05, 3.63) is 75.5 Å². The zero-order chi connectivity index (χ0) is 25.5. The molecule has 1 atom stereocenters. The van der Waals surface area contributed by atoms with Crippen LogP contribution in [0.3, 0.4) is 0 Å². The molecule has 8 nitrogen and oxygen atoms in total. The van der Waals surface area contributed by atoms with E-state index in [0.29, 0.717) is 18.7 Å². The van der Waals surface area contributed by atoms with Gasteiger partial charge in [0.15, 0.2) is 5.82 Å². The molecule has 1 amide bonds. The Morgan fingerprint density at radius 1 is 1.32 bits per heavy atom. The third-order valence-electron chi connectivity index (χ3n) is 4.56. The van der Waals surface area contributed by atoms with Gasteiger partial charge in [0.1, 0.15) is 5.69 Å². The maximum Gasteiger partial charge on any atom is 0.270 e. The van der Waals surface area contributed by atoms with Crippen molar-refractivity contribution in [3.63, 3.8) is 0 Å². The van der Waals surface area contributed by atoms with Gasteiger partial charge in [-0.25, -0.2) is 18.7 Å². The highest BCUT2D eigenvalue weighted by molar-refractivity contribution is 5.92. The van der Waals surface area contributed by atoms with E-state index in [4.69, 9.17) is 0 Å². The molecule has 2 N–H and O–H groups in total. The molecule has 0 saturated heterocycles. The third kappa shape index (κ3) is 9.60. The second-order valence-corrected chi connectivity index (χ2v) is 7.10. The number of amides is 1. The highest BCUT2D eigenvalue weighted by atomic mass is 19.3. The van der Waals surface area contributed by atoms with Crippen LogP contribution in [0.15, 0.2) is 53.9 Å². The van der Waals surface area contributed by atoms with Crippen LogP contribution in [0.25, 0.3) is 5.57 Å². The fourth-order valence-corrected chi connectivity index (χ4v) is 3.13. The predicted octanol–water partition coefficient (Wildman–Crippen LogP) is 4.56. The van der Waals surface area contributed by atoms with Crippen molar-refractivity contribution in [2.24, 2.45) is 5.92 Å². The molecule has 1 aromatic heterocycles. The second kappa shape index (κ2) is 15.4. The molecule has 34 heavy (non-hydrogen) atoms. The van der Waals surface area contributed by atoms with Crippen molar-refractivity contribution < 1.29 is 18.5 Å². The summed E-state index contributed by atoms with van der Waals surface area (Å²) in [5, 5.41) is 17.0. The van der Waals surface area contributed by atoms with Gasteiger partial charge < -0.3 is 10.6 Å². The average molecular weight is 478 g/mol. The molecule has 0 spiro atoms. The van der Waals surface area contributed by atoms with Gasteiger partial charge in [-0.05, 0) is 37.8 Å². The lowest BCUT2D eigenvalue weighted by atomic mass is 9.96. The van der Waals surface area contributed by atoms with Crippen LogP contribution in [0.5, 0.6) is 0 Å². The Labute approximate surface area is 199 Å². The Hall–Kier alpha value is -3.43. The van der Waals surface area contributed by atoms with E-state index in [-0.39, 0.29) is 35.1 Å². The molecule has 1 aliphatic carbocycles. The number of aromatic nitrogens is 2. The minimum absolute atomic E-state index is 0.0399. The van der Waals surface area contributed by atoms with E-state index >= 15 is 0 Å². The fourth-order valence-electron chi connectivity index (χ4n) is 3.13. The van der Waals surface area contributed by atoms with Gasteiger partial charge in [-0.3, -0.25) is 14.9 Å². The second-order valence-electron chi connectivity index (χ2n) is 7.10. The van der Waals surface area contributed by atoms with Gasteiger partial charge in [-0.2, -0.15) is 0 Å². The highest BCUT2D eigenvalue weighted by Gasteiger charge is 2.18. The summed E-state index contributed by atoms with van der Waals surface area (Å²) in [5.41, 5.74) is 0.939. The number of carbonyl (C=O) groups is 1. The summed E-state index contributed by atoms with van der Waals surface area (Å²) in [5.74, 6) is -0.678. The summed E-state index contributed by atoms with van der Waals surface area (Å²) in [7, 11) is 0. The first-order valence-corrected chi connectivity index (χ1v) is 11.4. The van der Waals surface area contributed by atoms with Crippen molar-refractivity contribution in [3.8, 4) is 0 Å². The fraction of sp³-hybridized carbons (Fsp3) is 0.458. The molecule has 186 valence electrons. The third-order valence-corrected chi connectivity index (χ3v) is 4.56. The molecule has 1 unspecified atom stereocenters. The Balaban J connectivity index is 0.00000281. The van der Waals surface area contributed by atoms with E-state index in [0.717, 1.165) is 6.42 Å². The maximum absolute atomic E-state index is 12.9. The molecule has 1 aromatic rings. The minimum Gasteiger partial charge on any atom is -0.386 e. The van der Waals surface area contributed by atoms with E-state index in [2.05, 4.69) is 20.6 Å². The predicted molar refractivity (Wildman–Crippen MR) is 129 cm³/mol. The van der Waals surface area contributed by atoms with Crippen molar-refractivity contribution in [1.29, 1.82) is 0 Å². The molecule has 1 heterocycles. The van der Waals surface area contributed by atoms with Crippen LogP contribution in [-0.2, 0) is 0 Å². The van der Waals surface area contributed by atoms with Crippen LogP contribution in [0.1, 0.15) is 56.8 Å². The van der Waals surface area contributed by atoms with Gasteiger partial charge >= 0.3 is 0 Å². The number of allylic oxidation sites excluding steroid dienone is 5. The Kier molecular flexibility index (Phi) is 13.0. The highest BCUT2D eigenvalue weighted by Crippen LogP contribution is 2.21. The number of hydrogen-bond acceptors (Lipinski definition) is 6. The number of rotatable bonds is 11. The molecule has 0 aliphatic heterocycles. The maximum atomic E-state index is 12.9. The molecule has 0 fully saturated rings. The molecular formula is C24H33F2N5O3. The largest absolute Gasteiger partial charge is 0.386 e. The van der Waals surface area contributed by atoms with Crippen LogP contribution in [-0.4, -0.2) is 46.9 Å². The van der Waals surface area contributed by atoms with Crippen molar-refractivity contribution in [1.82, 2.24) is 20.6 Å². The lowest BCUT2D eigenvalue weighted by Crippen LogP contribution is -2.30. The number of likely N-dealkylation sites (N-methyl/N-ethyl adjacent to an activating group) is 1. The lowest BCUT2D eigenvalue weighted by Gasteiger charge is -2.17.